The molecule has 0 aliphatic carbocycles. The van der Waals surface area contributed by atoms with Crippen LogP contribution in [0, 0.1) is 13.8 Å². The number of benzene rings is 1. The smallest absolute Gasteiger partial charge is 0.242 e. The van der Waals surface area contributed by atoms with Crippen molar-refractivity contribution in [2.24, 2.45) is 0 Å². The van der Waals surface area contributed by atoms with E-state index in [0.29, 0.717) is 0 Å². The molecule has 1 amide bonds. The van der Waals surface area contributed by atoms with Crippen LogP contribution in [0.5, 0.6) is 0 Å². The van der Waals surface area contributed by atoms with Gasteiger partial charge in [-0.15, -0.1) is 11.6 Å². The molecule has 1 aromatic heterocycles. The molecular formula is C14H16ClN3O. The van der Waals surface area contributed by atoms with Crippen LogP contribution < -0.4 is 5.32 Å². The predicted molar refractivity (Wildman–Crippen MR) is 77.0 cm³/mol. The SMILES string of the molecule is Cc1nn(-c2ccccc2)c(C)c1NC(=O)C(C)Cl. The second-order valence-corrected chi connectivity index (χ2v) is 5.05. The van der Waals surface area contributed by atoms with Gasteiger partial charge < -0.3 is 5.32 Å². The quantitative estimate of drug-likeness (QED) is 0.877. The summed E-state index contributed by atoms with van der Waals surface area (Å²) in [6.45, 7) is 5.42. The van der Waals surface area contributed by atoms with Crippen molar-refractivity contribution in [1.82, 2.24) is 9.78 Å². The summed E-state index contributed by atoms with van der Waals surface area (Å²) < 4.78 is 1.81. The second kappa shape index (κ2) is 5.45. The first-order valence-corrected chi connectivity index (χ1v) is 6.51. The van der Waals surface area contributed by atoms with Gasteiger partial charge in [0.15, 0.2) is 0 Å². The van der Waals surface area contributed by atoms with Crippen LogP contribution in [-0.4, -0.2) is 21.1 Å². The van der Waals surface area contributed by atoms with Crippen LogP contribution in [0.4, 0.5) is 5.69 Å². The zero-order valence-corrected chi connectivity index (χ0v) is 11.9. The number of hydrogen-bond acceptors (Lipinski definition) is 2. The van der Waals surface area contributed by atoms with E-state index in [9.17, 15) is 4.79 Å². The van der Waals surface area contributed by atoms with Gasteiger partial charge in [-0.05, 0) is 32.9 Å². The highest BCUT2D eigenvalue weighted by Gasteiger charge is 2.17. The number of alkyl halides is 1. The van der Waals surface area contributed by atoms with Gasteiger partial charge >= 0.3 is 0 Å². The van der Waals surface area contributed by atoms with Crippen molar-refractivity contribution in [3.05, 3.63) is 41.7 Å². The van der Waals surface area contributed by atoms with Crippen molar-refractivity contribution in [1.29, 1.82) is 0 Å². The van der Waals surface area contributed by atoms with Gasteiger partial charge in [0.05, 0.1) is 22.8 Å². The van der Waals surface area contributed by atoms with Crippen LogP contribution in [0.15, 0.2) is 30.3 Å². The maximum atomic E-state index is 11.7. The molecule has 0 aliphatic rings. The van der Waals surface area contributed by atoms with Gasteiger partial charge in [0, 0.05) is 0 Å². The Hall–Kier alpha value is -1.81. The van der Waals surface area contributed by atoms with Gasteiger partial charge in [0.2, 0.25) is 5.91 Å². The summed E-state index contributed by atoms with van der Waals surface area (Å²) in [6.07, 6.45) is 0. The molecule has 0 fully saturated rings. The van der Waals surface area contributed by atoms with Crippen molar-refractivity contribution in [2.45, 2.75) is 26.1 Å². The third kappa shape index (κ3) is 2.79. The molecular weight excluding hydrogens is 262 g/mol. The molecule has 0 spiro atoms. The number of carbonyl (C=O) groups is 1. The fourth-order valence-corrected chi connectivity index (χ4v) is 1.92. The molecule has 0 saturated carbocycles. The number of nitrogens with one attached hydrogen (secondary N) is 1. The van der Waals surface area contributed by atoms with Crippen LogP contribution in [0.3, 0.4) is 0 Å². The van der Waals surface area contributed by atoms with Crippen LogP contribution in [0.1, 0.15) is 18.3 Å². The highest BCUT2D eigenvalue weighted by atomic mass is 35.5. The number of rotatable bonds is 3. The molecule has 19 heavy (non-hydrogen) atoms. The lowest BCUT2D eigenvalue weighted by Gasteiger charge is -2.07. The Morgan fingerprint density at radius 2 is 1.95 bits per heavy atom. The molecule has 2 rings (SSSR count). The highest BCUT2D eigenvalue weighted by molar-refractivity contribution is 6.32. The van der Waals surface area contributed by atoms with Gasteiger partial charge in [0.25, 0.3) is 0 Å². The molecule has 1 aromatic carbocycles. The second-order valence-electron chi connectivity index (χ2n) is 4.40. The molecule has 100 valence electrons. The minimum atomic E-state index is -0.570. The predicted octanol–water partition coefficient (Wildman–Crippen LogP) is 3.05. The van der Waals surface area contributed by atoms with Gasteiger partial charge in [0.1, 0.15) is 5.38 Å². The van der Waals surface area contributed by atoms with E-state index in [0.717, 1.165) is 22.8 Å². The maximum absolute atomic E-state index is 11.7. The summed E-state index contributed by atoms with van der Waals surface area (Å²) in [5.74, 6) is -0.222. The highest BCUT2D eigenvalue weighted by Crippen LogP contribution is 2.23. The van der Waals surface area contributed by atoms with Crippen LogP contribution >= 0.6 is 11.6 Å². The number of halogens is 1. The van der Waals surface area contributed by atoms with Crippen LogP contribution in [0.2, 0.25) is 0 Å². The lowest BCUT2D eigenvalue weighted by atomic mass is 10.3. The summed E-state index contributed by atoms with van der Waals surface area (Å²) >= 11 is 5.77. The van der Waals surface area contributed by atoms with E-state index in [1.807, 2.05) is 48.9 Å². The Kier molecular flexibility index (Phi) is 3.90. The number of para-hydroxylation sites is 1. The molecule has 0 radical (unpaired) electrons. The number of amides is 1. The Morgan fingerprint density at radius 3 is 2.53 bits per heavy atom. The fourth-order valence-electron chi connectivity index (χ4n) is 1.87. The van der Waals surface area contributed by atoms with E-state index in [1.165, 1.54) is 0 Å². The van der Waals surface area contributed by atoms with Crippen molar-refractivity contribution in [3.63, 3.8) is 0 Å². The first-order valence-electron chi connectivity index (χ1n) is 6.07. The standard InChI is InChI=1S/C14H16ClN3O/c1-9(15)14(19)16-13-10(2)17-18(11(13)3)12-7-5-4-6-8-12/h4-9H,1-3H3,(H,16,19). The average molecular weight is 278 g/mol. The summed E-state index contributed by atoms with van der Waals surface area (Å²) in [5.41, 5.74) is 3.34. The minimum absolute atomic E-state index is 0.222. The molecule has 0 bridgehead atoms. The van der Waals surface area contributed by atoms with Crippen molar-refractivity contribution in [3.8, 4) is 5.69 Å². The van der Waals surface area contributed by atoms with Crippen molar-refractivity contribution in [2.75, 3.05) is 5.32 Å². The van der Waals surface area contributed by atoms with E-state index >= 15 is 0 Å². The van der Waals surface area contributed by atoms with Crippen LogP contribution in [-0.2, 0) is 4.79 Å². The van der Waals surface area contributed by atoms with E-state index in [1.54, 1.807) is 6.92 Å². The van der Waals surface area contributed by atoms with Crippen molar-refractivity contribution >= 4 is 23.2 Å². The number of aromatic nitrogens is 2. The molecule has 1 unspecified atom stereocenters. The lowest BCUT2D eigenvalue weighted by Crippen LogP contribution is -2.21. The molecule has 1 atom stereocenters. The normalized spacial score (nSPS) is 12.2. The summed E-state index contributed by atoms with van der Waals surface area (Å²) in [4.78, 5) is 11.7. The summed E-state index contributed by atoms with van der Waals surface area (Å²) in [5, 5.41) is 6.70. The maximum Gasteiger partial charge on any atom is 0.242 e. The minimum Gasteiger partial charge on any atom is -0.322 e. The first kappa shape index (κ1) is 13.6. The lowest BCUT2D eigenvalue weighted by molar-refractivity contribution is -0.115. The van der Waals surface area contributed by atoms with E-state index < -0.39 is 5.38 Å². The first-order chi connectivity index (χ1) is 9.00. The molecule has 0 aliphatic heterocycles. The van der Waals surface area contributed by atoms with E-state index in [2.05, 4.69) is 10.4 Å². The molecule has 2 aromatic rings. The topological polar surface area (TPSA) is 46.9 Å². The summed E-state index contributed by atoms with van der Waals surface area (Å²) in [7, 11) is 0. The zero-order valence-electron chi connectivity index (χ0n) is 11.1. The Balaban J connectivity index is 2.38. The molecule has 1 heterocycles. The average Bonchev–Trinajstić information content (AvgIpc) is 2.67. The van der Waals surface area contributed by atoms with Gasteiger partial charge in [-0.3, -0.25) is 4.79 Å². The monoisotopic (exact) mass is 277 g/mol. The number of nitrogens with zero attached hydrogens (tertiary/aromatic N) is 2. The van der Waals surface area contributed by atoms with Crippen LogP contribution in [0.25, 0.3) is 5.69 Å². The number of hydrogen-bond donors (Lipinski definition) is 1. The van der Waals surface area contributed by atoms with E-state index in [4.69, 9.17) is 11.6 Å². The Labute approximate surface area is 117 Å². The molecule has 0 saturated heterocycles. The molecule has 5 heteroatoms. The third-order valence-corrected chi connectivity index (χ3v) is 3.10. The number of anilines is 1. The van der Waals surface area contributed by atoms with E-state index in [-0.39, 0.29) is 5.91 Å². The van der Waals surface area contributed by atoms with Gasteiger partial charge in [-0.2, -0.15) is 5.10 Å². The number of carbonyl (C=O) groups excluding carboxylic acids is 1. The largest absolute Gasteiger partial charge is 0.322 e. The van der Waals surface area contributed by atoms with Gasteiger partial charge in [-0.1, -0.05) is 18.2 Å². The Bertz CT molecular complexity index is 590. The number of aryl methyl sites for hydroxylation is 1. The molecule has 4 nitrogen and oxygen atoms in total. The summed E-state index contributed by atoms with van der Waals surface area (Å²) in [6, 6.07) is 9.78. The fraction of sp³-hybridized carbons (Fsp3) is 0.286. The molecule has 1 N–H and O–H groups in total. The Morgan fingerprint density at radius 1 is 1.32 bits per heavy atom. The van der Waals surface area contributed by atoms with Gasteiger partial charge in [-0.25, -0.2) is 4.68 Å². The van der Waals surface area contributed by atoms with Crippen molar-refractivity contribution < 1.29 is 4.79 Å². The zero-order chi connectivity index (χ0) is 14.0. The third-order valence-electron chi connectivity index (χ3n) is 2.90.